The van der Waals surface area contributed by atoms with E-state index in [0.717, 1.165) is 19.2 Å². The first-order valence-corrected chi connectivity index (χ1v) is 12.7. The maximum Gasteiger partial charge on any atom is 0.490 e. The van der Waals surface area contributed by atoms with E-state index in [1.165, 1.54) is 0 Å². The van der Waals surface area contributed by atoms with E-state index in [2.05, 4.69) is 18.1 Å². The number of hydrogen-bond acceptors (Lipinski definition) is 11. The highest BCUT2D eigenvalue weighted by atomic mass is 31.3. The molecule has 0 aromatic carbocycles. The lowest BCUT2D eigenvalue weighted by Gasteiger charge is -2.26. The maximum absolute atomic E-state index is 15.2. The SMILES string of the molecule is C[C@@H](OP(=O)(O)OP(=O)(O)OP(=O)(O)O)[C@H]1O[C@@H](n2ccc(N)nc2=O)[C@@](F)(CF)C1O. The summed E-state index contributed by atoms with van der Waals surface area (Å²) in [4.78, 5) is 51.0. The number of alkyl halides is 2. The van der Waals surface area contributed by atoms with Crippen molar-refractivity contribution in [2.45, 2.75) is 37.1 Å². The minimum atomic E-state index is -5.85. The Balaban J connectivity index is 2.25. The summed E-state index contributed by atoms with van der Waals surface area (Å²) >= 11 is 0. The van der Waals surface area contributed by atoms with E-state index >= 15 is 4.39 Å². The molecule has 1 aliphatic heterocycles. The molecule has 1 aromatic rings. The quantitative estimate of drug-likeness (QED) is 0.220. The Morgan fingerprint density at radius 1 is 1.28 bits per heavy atom. The van der Waals surface area contributed by atoms with Gasteiger partial charge in [-0.05, 0) is 13.0 Å². The monoisotopic (exact) mass is 531 g/mol. The van der Waals surface area contributed by atoms with Crippen LogP contribution in [0.4, 0.5) is 14.6 Å². The van der Waals surface area contributed by atoms with Crippen molar-refractivity contribution in [2.24, 2.45) is 0 Å². The predicted molar refractivity (Wildman–Crippen MR) is 97.1 cm³/mol. The molecule has 0 saturated carbocycles. The Labute approximate surface area is 177 Å². The second-order valence-electron chi connectivity index (χ2n) is 6.40. The molecule has 21 heteroatoms. The van der Waals surface area contributed by atoms with Crippen molar-refractivity contribution >= 4 is 29.3 Å². The van der Waals surface area contributed by atoms with Crippen LogP contribution >= 0.6 is 23.5 Å². The lowest BCUT2D eigenvalue weighted by molar-refractivity contribution is -0.0855. The first kappa shape index (κ1) is 27.1. The van der Waals surface area contributed by atoms with Crippen molar-refractivity contribution in [1.82, 2.24) is 9.55 Å². The third kappa shape index (κ3) is 6.26. The number of phosphoric ester groups is 1. The number of hydrogen-bond donors (Lipinski definition) is 6. The van der Waals surface area contributed by atoms with Crippen molar-refractivity contribution in [3.63, 3.8) is 0 Å². The van der Waals surface area contributed by atoms with Gasteiger partial charge >= 0.3 is 29.2 Å². The van der Waals surface area contributed by atoms with Gasteiger partial charge in [-0.2, -0.15) is 13.6 Å². The molecule has 2 heterocycles. The molecule has 1 aliphatic rings. The molecule has 0 spiro atoms. The summed E-state index contributed by atoms with van der Waals surface area (Å²) in [6.45, 7) is -1.02. The number of anilines is 1. The van der Waals surface area contributed by atoms with Crippen LogP contribution in [0.25, 0.3) is 0 Å². The summed E-state index contributed by atoms with van der Waals surface area (Å²) in [6, 6.07) is 1.04. The number of aliphatic hydroxyl groups excluding tert-OH is 1. The van der Waals surface area contributed by atoms with E-state index in [0.29, 0.717) is 4.57 Å². The summed E-state index contributed by atoms with van der Waals surface area (Å²) in [5.74, 6) is -0.257. The second kappa shape index (κ2) is 9.25. The fraction of sp³-hybridized carbons (Fsp3) is 0.636. The van der Waals surface area contributed by atoms with Crippen LogP contribution in [0.5, 0.6) is 0 Å². The van der Waals surface area contributed by atoms with Gasteiger partial charge in [-0.3, -0.25) is 9.09 Å². The molecule has 2 rings (SSSR count). The van der Waals surface area contributed by atoms with Crippen LogP contribution in [0, 0.1) is 0 Å². The molecule has 7 N–H and O–H groups in total. The van der Waals surface area contributed by atoms with Crippen LogP contribution < -0.4 is 11.4 Å². The van der Waals surface area contributed by atoms with Gasteiger partial charge in [0.25, 0.3) is 0 Å². The summed E-state index contributed by atoms with van der Waals surface area (Å²) in [6.07, 6.45) is -7.51. The first-order chi connectivity index (χ1) is 14.4. The maximum atomic E-state index is 15.2. The number of nitrogens with two attached hydrogens (primary N) is 1. The molecule has 0 amide bonds. The minimum Gasteiger partial charge on any atom is -0.387 e. The summed E-state index contributed by atoms with van der Waals surface area (Å²) < 4.78 is 79.7. The van der Waals surface area contributed by atoms with Crippen molar-refractivity contribution in [1.29, 1.82) is 0 Å². The lowest BCUT2D eigenvalue weighted by Crippen LogP contribution is -2.48. The summed E-state index contributed by atoms with van der Waals surface area (Å²) in [5.41, 5.74) is 0.850. The predicted octanol–water partition coefficient (Wildman–Crippen LogP) is -0.507. The van der Waals surface area contributed by atoms with Crippen molar-refractivity contribution in [3.8, 4) is 0 Å². The third-order valence-electron chi connectivity index (χ3n) is 3.99. The molecule has 1 aromatic heterocycles. The van der Waals surface area contributed by atoms with E-state index < -0.39 is 66.0 Å². The smallest absolute Gasteiger partial charge is 0.387 e. The van der Waals surface area contributed by atoms with Crippen LogP contribution in [0.1, 0.15) is 13.2 Å². The van der Waals surface area contributed by atoms with E-state index in [4.69, 9.17) is 25.2 Å². The Kier molecular flexibility index (Phi) is 7.84. The summed E-state index contributed by atoms with van der Waals surface area (Å²) in [5, 5.41) is 10.2. The Morgan fingerprint density at radius 2 is 1.88 bits per heavy atom. The Morgan fingerprint density at radius 3 is 2.38 bits per heavy atom. The molecule has 1 fully saturated rings. The molecule has 1 saturated heterocycles. The highest BCUT2D eigenvalue weighted by Crippen LogP contribution is 2.66. The largest absolute Gasteiger partial charge is 0.490 e. The number of aliphatic hydroxyl groups is 1. The number of halogens is 2. The molecule has 16 nitrogen and oxygen atoms in total. The number of nitrogen functional groups attached to an aromatic ring is 1. The molecule has 3 unspecified atom stereocenters. The number of rotatable bonds is 9. The van der Waals surface area contributed by atoms with E-state index in [-0.39, 0.29) is 5.82 Å². The molecule has 0 radical (unpaired) electrons. The highest BCUT2D eigenvalue weighted by Gasteiger charge is 2.61. The number of aromatic nitrogens is 2. The highest BCUT2D eigenvalue weighted by molar-refractivity contribution is 7.66. The van der Waals surface area contributed by atoms with E-state index in [1.54, 1.807) is 0 Å². The fourth-order valence-corrected chi connectivity index (χ4v) is 5.94. The van der Waals surface area contributed by atoms with Crippen LogP contribution in [-0.2, 0) is 31.6 Å². The Hall–Kier alpha value is -1.13. The zero-order valence-electron chi connectivity index (χ0n) is 15.7. The number of ether oxygens (including phenoxy) is 1. The first-order valence-electron chi connectivity index (χ1n) is 8.16. The average molecular weight is 531 g/mol. The van der Waals surface area contributed by atoms with Crippen LogP contribution in [0.15, 0.2) is 17.1 Å². The zero-order valence-corrected chi connectivity index (χ0v) is 18.4. The average Bonchev–Trinajstić information content (AvgIpc) is 2.84. The van der Waals surface area contributed by atoms with E-state index in [1.807, 2.05) is 0 Å². The Bertz CT molecular complexity index is 1050. The molecular formula is C11H18F2N3O13P3. The van der Waals surface area contributed by atoms with Crippen LogP contribution in [-0.4, -0.2) is 64.9 Å². The molecule has 0 bridgehead atoms. The van der Waals surface area contributed by atoms with Gasteiger partial charge in [0.2, 0.25) is 5.67 Å². The van der Waals surface area contributed by atoms with E-state index in [9.17, 15) is 32.9 Å². The van der Waals surface area contributed by atoms with Gasteiger partial charge < -0.3 is 35.2 Å². The van der Waals surface area contributed by atoms with Crippen molar-refractivity contribution in [2.75, 3.05) is 12.4 Å². The third-order valence-corrected chi connectivity index (χ3v) is 7.91. The minimum absolute atomic E-state index is 0.257. The normalized spacial score (nSPS) is 31.1. The van der Waals surface area contributed by atoms with Gasteiger partial charge in [0.15, 0.2) is 6.23 Å². The topological polar surface area (TPSA) is 250 Å². The van der Waals surface area contributed by atoms with Crippen molar-refractivity contribution < 1.29 is 65.0 Å². The van der Waals surface area contributed by atoms with Gasteiger partial charge in [-0.1, -0.05) is 0 Å². The molecular weight excluding hydrogens is 513 g/mol. The molecule has 184 valence electrons. The van der Waals surface area contributed by atoms with Crippen LogP contribution in [0.2, 0.25) is 0 Å². The number of nitrogens with zero attached hydrogens (tertiary/aromatic N) is 2. The van der Waals surface area contributed by atoms with Gasteiger partial charge in [0, 0.05) is 6.20 Å². The van der Waals surface area contributed by atoms with Crippen LogP contribution in [0.3, 0.4) is 0 Å². The van der Waals surface area contributed by atoms with Gasteiger partial charge in [0.1, 0.15) is 24.7 Å². The van der Waals surface area contributed by atoms with Gasteiger partial charge in [0.05, 0.1) is 6.10 Å². The number of phosphoric acid groups is 3. The molecule has 0 aliphatic carbocycles. The lowest BCUT2D eigenvalue weighted by atomic mass is 9.95. The molecule has 7 atom stereocenters. The second-order valence-corrected chi connectivity index (χ2v) is 10.8. The standard InChI is InChI=1S/C11H18F2N3O13P3/c1-5(27-31(22,23)29-32(24,25)28-30(19,20)21)7-8(17)11(13,4-12)9(26-7)16-3-2-6(14)15-10(16)18/h2-3,5,7-9,17H,4H2,1H3,(H,22,23)(H,24,25)(H2,14,15,18)(H2,19,20,21)/t5-,7-,8?,9-,11-/m1/s1. The van der Waals surface area contributed by atoms with Gasteiger partial charge in [-0.15, -0.1) is 0 Å². The van der Waals surface area contributed by atoms with Crippen molar-refractivity contribution in [3.05, 3.63) is 22.7 Å². The van der Waals surface area contributed by atoms with Gasteiger partial charge in [-0.25, -0.2) is 27.3 Å². The zero-order chi connectivity index (χ0) is 24.7. The fourth-order valence-electron chi connectivity index (χ4n) is 2.74. The summed E-state index contributed by atoms with van der Waals surface area (Å²) in [7, 11) is -17.2. The molecule has 32 heavy (non-hydrogen) atoms.